The molecule has 0 bridgehead atoms. The first-order valence-electron chi connectivity index (χ1n) is 5.94. The maximum atomic E-state index is 10.4. The molecule has 106 valence electrons. The van der Waals surface area contributed by atoms with Gasteiger partial charge in [0.05, 0.1) is 17.3 Å². The molecule has 0 amide bonds. The summed E-state index contributed by atoms with van der Waals surface area (Å²) in [4.78, 5) is 15.8. The molecule has 1 aromatic carbocycles. The molecule has 2 aromatic rings. The standard InChI is InChI=1S/C13H14N2O3S2/c1-9-2-4-10(5-3-9)20-6-11-14-12(18-15-11)7-19-8-13(16)17/h2-5H,6-8H2,1H3,(H,16,17). The zero-order chi connectivity index (χ0) is 14.4. The van der Waals surface area contributed by atoms with Gasteiger partial charge in [0.15, 0.2) is 5.82 Å². The summed E-state index contributed by atoms with van der Waals surface area (Å²) in [6, 6.07) is 8.24. The van der Waals surface area contributed by atoms with Crippen molar-refractivity contribution in [1.29, 1.82) is 0 Å². The minimum atomic E-state index is -0.843. The van der Waals surface area contributed by atoms with Gasteiger partial charge >= 0.3 is 5.97 Å². The Balaban J connectivity index is 1.80. The van der Waals surface area contributed by atoms with Crippen LogP contribution in [0.25, 0.3) is 0 Å². The average molecular weight is 310 g/mol. The van der Waals surface area contributed by atoms with E-state index in [0.29, 0.717) is 23.2 Å². The average Bonchev–Trinajstić information content (AvgIpc) is 2.86. The van der Waals surface area contributed by atoms with Crippen LogP contribution in [-0.2, 0) is 16.3 Å². The fraction of sp³-hybridized carbons (Fsp3) is 0.308. The highest BCUT2D eigenvalue weighted by Crippen LogP contribution is 2.22. The summed E-state index contributed by atoms with van der Waals surface area (Å²) >= 11 is 2.88. The Morgan fingerprint density at radius 3 is 2.75 bits per heavy atom. The van der Waals surface area contributed by atoms with Crippen LogP contribution in [-0.4, -0.2) is 27.0 Å². The number of carbonyl (C=O) groups is 1. The third kappa shape index (κ3) is 4.90. The quantitative estimate of drug-likeness (QED) is 0.788. The molecule has 0 aliphatic rings. The number of aryl methyl sites for hydroxylation is 1. The molecule has 7 heteroatoms. The molecule has 0 radical (unpaired) electrons. The van der Waals surface area contributed by atoms with Gasteiger partial charge in [0.25, 0.3) is 0 Å². The van der Waals surface area contributed by atoms with Gasteiger partial charge in [-0.1, -0.05) is 22.9 Å². The summed E-state index contributed by atoms with van der Waals surface area (Å²) in [5.41, 5.74) is 1.23. The maximum Gasteiger partial charge on any atom is 0.313 e. The molecule has 0 saturated heterocycles. The smallest absolute Gasteiger partial charge is 0.313 e. The molecule has 1 N–H and O–H groups in total. The van der Waals surface area contributed by atoms with E-state index in [1.165, 1.54) is 17.3 Å². The number of nitrogens with zero attached hydrogens (tertiary/aromatic N) is 2. The molecule has 0 fully saturated rings. The van der Waals surface area contributed by atoms with E-state index in [9.17, 15) is 4.79 Å². The van der Waals surface area contributed by atoms with Gasteiger partial charge < -0.3 is 9.63 Å². The summed E-state index contributed by atoms with van der Waals surface area (Å²) < 4.78 is 5.07. The van der Waals surface area contributed by atoms with E-state index >= 15 is 0 Å². The molecule has 0 atom stereocenters. The fourth-order valence-electron chi connectivity index (χ4n) is 1.42. The van der Waals surface area contributed by atoms with Gasteiger partial charge in [-0.2, -0.15) is 4.98 Å². The summed E-state index contributed by atoms with van der Waals surface area (Å²) in [5.74, 6) is 1.35. The third-order valence-electron chi connectivity index (χ3n) is 2.35. The second-order valence-corrected chi connectivity index (χ2v) is 6.13. The second kappa shape index (κ2) is 7.35. The molecule has 0 unspecified atom stereocenters. The van der Waals surface area contributed by atoms with Crippen molar-refractivity contribution in [3.63, 3.8) is 0 Å². The Labute approximate surface area is 125 Å². The maximum absolute atomic E-state index is 10.4. The summed E-state index contributed by atoms with van der Waals surface area (Å²) in [7, 11) is 0. The van der Waals surface area contributed by atoms with Crippen molar-refractivity contribution in [2.45, 2.75) is 23.3 Å². The first-order chi connectivity index (χ1) is 9.63. The topological polar surface area (TPSA) is 76.2 Å². The largest absolute Gasteiger partial charge is 0.481 e. The fourth-order valence-corrected chi connectivity index (χ4v) is 2.73. The van der Waals surface area contributed by atoms with Gasteiger partial charge in [-0.15, -0.1) is 23.5 Å². The lowest BCUT2D eigenvalue weighted by molar-refractivity contribution is -0.133. The van der Waals surface area contributed by atoms with E-state index in [1.54, 1.807) is 11.8 Å². The molecule has 5 nitrogen and oxygen atoms in total. The van der Waals surface area contributed by atoms with E-state index in [-0.39, 0.29) is 5.75 Å². The molecule has 1 heterocycles. The van der Waals surface area contributed by atoms with E-state index < -0.39 is 5.97 Å². The van der Waals surface area contributed by atoms with Crippen LogP contribution in [0.15, 0.2) is 33.7 Å². The number of rotatable bonds is 7. The first kappa shape index (κ1) is 14.9. The number of carboxylic acids is 1. The number of benzene rings is 1. The van der Waals surface area contributed by atoms with Crippen LogP contribution >= 0.6 is 23.5 Å². The Morgan fingerprint density at radius 1 is 1.30 bits per heavy atom. The first-order valence-corrected chi connectivity index (χ1v) is 8.08. The molecular formula is C13H14N2O3S2. The lowest BCUT2D eigenvalue weighted by atomic mass is 10.2. The van der Waals surface area contributed by atoms with Crippen molar-refractivity contribution in [3.8, 4) is 0 Å². The van der Waals surface area contributed by atoms with Crippen molar-refractivity contribution < 1.29 is 14.4 Å². The molecule has 0 saturated carbocycles. The summed E-state index contributed by atoms with van der Waals surface area (Å²) in [6.07, 6.45) is 0. The summed E-state index contributed by atoms with van der Waals surface area (Å²) in [5, 5.41) is 12.4. The molecular weight excluding hydrogens is 296 g/mol. The highest BCUT2D eigenvalue weighted by Gasteiger charge is 2.08. The molecule has 20 heavy (non-hydrogen) atoms. The predicted molar refractivity (Wildman–Crippen MR) is 78.8 cm³/mol. The van der Waals surface area contributed by atoms with E-state index in [4.69, 9.17) is 9.63 Å². The molecule has 0 aliphatic carbocycles. The third-order valence-corrected chi connectivity index (χ3v) is 4.26. The van der Waals surface area contributed by atoms with Gasteiger partial charge in [0, 0.05) is 4.90 Å². The van der Waals surface area contributed by atoms with Gasteiger partial charge in [-0.3, -0.25) is 4.79 Å². The zero-order valence-electron chi connectivity index (χ0n) is 10.9. The van der Waals surface area contributed by atoms with Crippen LogP contribution in [0.4, 0.5) is 0 Å². The number of carboxylic acid groups (broad SMARTS) is 1. The Kier molecular flexibility index (Phi) is 5.49. The van der Waals surface area contributed by atoms with Gasteiger partial charge in [0.2, 0.25) is 5.89 Å². The number of aliphatic carboxylic acids is 1. The summed E-state index contributed by atoms with van der Waals surface area (Å²) in [6.45, 7) is 2.05. The van der Waals surface area contributed by atoms with Gasteiger partial charge in [0.1, 0.15) is 0 Å². The SMILES string of the molecule is Cc1ccc(SCc2noc(CSCC(=O)O)n2)cc1. The molecule has 1 aromatic heterocycles. The normalized spacial score (nSPS) is 10.7. The predicted octanol–water partition coefficient (Wildman–Crippen LogP) is 2.99. The van der Waals surface area contributed by atoms with Crippen molar-refractivity contribution in [2.75, 3.05) is 5.75 Å². The minimum Gasteiger partial charge on any atom is -0.481 e. The van der Waals surface area contributed by atoms with Crippen LogP contribution in [0.1, 0.15) is 17.3 Å². The minimum absolute atomic E-state index is 0.0375. The molecule has 0 aliphatic heterocycles. The van der Waals surface area contributed by atoms with Crippen LogP contribution in [0.2, 0.25) is 0 Å². The Bertz CT molecular complexity index is 569. The number of aromatic nitrogens is 2. The zero-order valence-corrected chi connectivity index (χ0v) is 12.5. The number of thioether (sulfide) groups is 2. The van der Waals surface area contributed by atoms with Crippen molar-refractivity contribution >= 4 is 29.5 Å². The van der Waals surface area contributed by atoms with E-state index in [1.807, 2.05) is 0 Å². The monoisotopic (exact) mass is 310 g/mol. The Morgan fingerprint density at radius 2 is 2.05 bits per heavy atom. The lowest BCUT2D eigenvalue weighted by Gasteiger charge is -1.98. The van der Waals surface area contributed by atoms with E-state index in [2.05, 4.69) is 41.3 Å². The van der Waals surface area contributed by atoms with Crippen LogP contribution in [0.5, 0.6) is 0 Å². The van der Waals surface area contributed by atoms with Crippen molar-refractivity contribution in [2.24, 2.45) is 0 Å². The molecule has 2 rings (SSSR count). The van der Waals surface area contributed by atoms with Crippen molar-refractivity contribution in [3.05, 3.63) is 41.5 Å². The van der Waals surface area contributed by atoms with Crippen LogP contribution in [0, 0.1) is 6.92 Å². The number of hydrogen-bond acceptors (Lipinski definition) is 6. The lowest BCUT2D eigenvalue weighted by Crippen LogP contribution is -1.98. The number of hydrogen-bond donors (Lipinski definition) is 1. The van der Waals surface area contributed by atoms with Crippen LogP contribution in [0.3, 0.4) is 0 Å². The van der Waals surface area contributed by atoms with Crippen LogP contribution < -0.4 is 0 Å². The Hall–Kier alpha value is -1.47. The van der Waals surface area contributed by atoms with Gasteiger partial charge in [-0.25, -0.2) is 0 Å². The van der Waals surface area contributed by atoms with Gasteiger partial charge in [-0.05, 0) is 19.1 Å². The molecule has 0 spiro atoms. The van der Waals surface area contributed by atoms with E-state index in [0.717, 1.165) is 4.90 Å². The highest BCUT2D eigenvalue weighted by molar-refractivity contribution is 7.99. The van der Waals surface area contributed by atoms with Crippen molar-refractivity contribution in [1.82, 2.24) is 10.1 Å². The highest BCUT2D eigenvalue weighted by atomic mass is 32.2. The second-order valence-electron chi connectivity index (χ2n) is 4.09.